The van der Waals surface area contributed by atoms with E-state index in [1.807, 2.05) is 13.8 Å². The van der Waals surface area contributed by atoms with Crippen LogP contribution in [0.15, 0.2) is 0 Å². The van der Waals surface area contributed by atoms with Gasteiger partial charge in [0.1, 0.15) is 0 Å². The molecule has 0 radical (unpaired) electrons. The van der Waals surface area contributed by atoms with Gasteiger partial charge in [0.05, 0.1) is 0 Å². The summed E-state index contributed by atoms with van der Waals surface area (Å²) >= 11 is 0. The molecule has 0 bridgehead atoms. The Kier molecular flexibility index (Phi) is 5.37. The first-order valence-corrected chi connectivity index (χ1v) is 6.76. The minimum atomic E-state index is 0.506. The molecule has 0 unspecified atom stereocenters. The summed E-state index contributed by atoms with van der Waals surface area (Å²) in [5, 5.41) is 0. The molecule has 0 N–H and O–H groups in total. The van der Waals surface area contributed by atoms with Crippen molar-refractivity contribution in [3.8, 4) is 0 Å². The zero-order valence-corrected chi connectivity index (χ0v) is 12.3. The third kappa shape index (κ3) is 4.57. The lowest BCUT2D eigenvalue weighted by molar-refractivity contribution is 0.122. The Morgan fingerprint density at radius 1 is 1.00 bits per heavy atom. The second kappa shape index (κ2) is 5.37. The Hall–Kier alpha value is 0. The van der Waals surface area contributed by atoms with Crippen LogP contribution in [0.5, 0.6) is 0 Å². The average molecular weight is 212 g/mol. The summed E-state index contributed by atoms with van der Waals surface area (Å²) in [5.41, 5.74) is 1.08. The molecule has 0 atom stereocenters. The van der Waals surface area contributed by atoms with Crippen LogP contribution in [0.1, 0.15) is 74.7 Å². The summed E-state index contributed by atoms with van der Waals surface area (Å²) < 4.78 is 0. The van der Waals surface area contributed by atoms with Gasteiger partial charge < -0.3 is 0 Å². The molecule has 0 heteroatoms. The van der Waals surface area contributed by atoms with Crippen molar-refractivity contribution in [3.63, 3.8) is 0 Å². The Morgan fingerprint density at radius 2 is 1.40 bits per heavy atom. The van der Waals surface area contributed by atoms with Gasteiger partial charge in [-0.3, -0.25) is 0 Å². The molecule has 0 spiro atoms. The molecule has 0 aromatic rings. The maximum Gasteiger partial charge on any atom is -0.0321 e. The monoisotopic (exact) mass is 212 g/mol. The van der Waals surface area contributed by atoms with Gasteiger partial charge in [0.2, 0.25) is 0 Å². The molecule has 0 amide bonds. The summed E-state index contributed by atoms with van der Waals surface area (Å²) in [4.78, 5) is 0. The molecular formula is C15H32. The SMILES string of the molecule is CC.CC(C)C(C)(C)CC(C)(C)C1CC1. The fourth-order valence-corrected chi connectivity index (χ4v) is 2.39. The van der Waals surface area contributed by atoms with Gasteiger partial charge in [-0.05, 0) is 41.9 Å². The third-order valence-corrected chi connectivity index (χ3v) is 4.16. The van der Waals surface area contributed by atoms with Crippen molar-refractivity contribution in [2.24, 2.45) is 22.7 Å². The van der Waals surface area contributed by atoms with Gasteiger partial charge in [-0.1, -0.05) is 55.4 Å². The smallest absolute Gasteiger partial charge is 0.0321 e. The molecular weight excluding hydrogens is 180 g/mol. The van der Waals surface area contributed by atoms with E-state index in [4.69, 9.17) is 0 Å². The lowest BCUT2D eigenvalue weighted by Crippen LogP contribution is -2.28. The lowest BCUT2D eigenvalue weighted by Gasteiger charge is -2.38. The number of hydrogen-bond acceptors (Lipinski definition) is 0. The quantitative estimate of drug-likeness (QED) is 0.575. The van der Waals surface area contributed by atoms with E-state index in [0.29, 0.717) is 10.8 Å². The molecule has 92 valence electrons. The Labute approximate surface area is 97.8 Å². The highest BCUT2D eigenvalue weighted by atomic mass is 14.5. The zero-order chi connectivity index (χ0) is 12.3. The molecule has 0 aromatic heterocycles. The van der Waals surface area contributed by atoms with Crippen LogP contribution >= 0.6 is 0 Å². The predicted octanol–water partition coefficient (Wildman–Crippen LogP) is 5.52. The molecule has 0 saturated heterocycles. The number of hydrogen-bond donors (Lipinski definition) is 0. The van der Waals surface area contributed by atoms with Crippen LogP contribution in [-0.2, 0) is 0 Å². The molecule has 1 rings (SSSR count). The molecule has 1 aliphatic rings. The minimum absolute atomic E-state index is 0.506. The summed E-state index contributed by atoms with van der Waals surface area (Å²) in [6.07, 6.45) is 4.32. The van der Waals surface area contributed by atoms with Crippen molar-refractivity contribution >= 4 is 0 Å². The van der Waals surface area contributed by atoms with E-state index in [1.165, 1.54) is 19.3 Å². The largest absolute Gasteiger partial charge is 0.0683 e. The average Bonchev–Trinajstić information content (AvgIpc) is 2.87. The van der Waals surface area contributed by atoms with Gasteiger partial charge >= 0.3 is 0 Å². The number of rotatable bonds is 4. The van der Waals surface area contributed by atoms with E-state index in [9.17, 15) is 0 Å². The van der Waals surface area contributed by atoms with E-state index in [0.717, 1.165) is 11.8 Å². The van der Waals surface area contributed by atoms with Crippen molar-refractivity contribution < 1.29 is 0 Å². The molecule has 0 aromatic carbocycles. The Morgan fingerprint density at radius 3 is 1.67 bits per heavy atom. The molecule has 1 fully saturated rings. The second-order valence-corrected chi connectivity index (χ2v) is 6.58. The maximum absolute atomic E-state index is 2.45. The van der Waals surface area contributed by atoms with Gasteiger partial charge in [-0.25, -0.2) is 0 Å². The summed E-state index contributed by atoms with van der Waals surface area (Å²) in [6.45, 7) is 18.4. The standard InChI is InChI=1S/C13H26.C2H6/c1-10(2)12(3,4)9-13(5,6)11-7-8-11;1-2/h10-11H,7-9H2,1-6H3;1-2H3. The van der Waals surface area contributed by atoms with Crippen molar-refractivity contribution in [1.82, 2.24) is 0 Å². The summed E-state index contributed by atoms with van der Waals surface area (Å²) in [5.74, 6) is 1.82. The van der Waals surface area contributed by atoms with Crippen LogP contribution in [0.3, 0.4) is 0 Å². The van der Waals surface area contributed by atoms with Gasteiger partial charge in [-0.15, -0.1) is 0 Å². The van der Waals surface area contributed by atoms with Crippen molar-refractivity contribution in [2.45, 2.75) is 74.7 Å². The van der Waals surface area contributed by atoms with Crippen LogP contribution in [0.25, 0.3) is 0 Å². The Bertz CT molecular complexity index is 158. The van der Waals surface area contributed by atoms with Crippen LogP contribution in [0.2, 0.25) is 0 Å². The highest BCUT2D eigenvalue weighted by Crippen LogP contribution is 2.52. The van der Waals surface area contributed by atoms with Crippen LogP contribution in [0, 0.1) is 22.7 Å². The highest BCUT2D eigenvalue weighted by molar-refractivity contribution is 4.92. The highest BCUT2D eigenvalue weighted by Gasteiger charge is 2.41. The predicted molar refractivity (Wildman–Crippen MR) is 71.1 cm³/mol. The third-order valence-electron chi connectivity index (χ3n) is 4.16. The van der Waals surface area contributed by atoms with Crippen molar-refractivity contribution in [1.29, 1.82) is 0 Å². The Balaban J connectivity index is 0.000000921. The fourth-order valence-electron chi connectivity index (χ4n) is 2.39. The van der Waals surface area contributed by atoms with E-state index >= 15 is 0 Å². The minimum Gasteiger partial charge on any atom is -0.0683 e. The first kappa shape index (κ1) is 15.0. The summed E-state index contributed by atoms with van der Waals surface area (Å²) in [7, 11) is 0. The first-order chi connectivity index (χ1) is 6.76. The van der Waals surface area contributed by atoms with Gasteiger partial charge in [0, 0.05) is 0 Å². The molecule has 0 nitrogen and oxygen atoms in total. The van der Waals surface area contributed by atoms with Crippen LogP contribution in [0.4, 0.5) is 0 Å². The first-order valence-electron chi connectivity index (χ1n) is 6.76. The van der Waals surface area contributed by atoms with Crippen molar-refractivity contribution in [2.75, 3.05) is 0 Å². The normalized spacial score (nSPS) is 17.4. The van der Waals surface area contributed by atoms with E-state index in [-0.39, 0.29) is 0 Å². The molecule has 0 heterocycles. The fraction of sp³-hybridized carbons (Fsp3) is 1.00. The van der Waals surface area contributed by atoms with Crippen LogP contribution in [-0.4, -0.2) is 0 Å². The summed E-state index contributed by atoms with van der Waals surface area (Å²) in [6, 6.07) is 0. The molecule has 1 aliphatic carbocycles. The van der Waals surface area contributed by atoms with E-state index in [2.05, 4.69) is 41.5 Å². The van der Waals surface area contributed by atoms with Gasteiger partial charge in [0.15, 0.2) is 0 Å². The zero-order valence-electron chi connectivity index (χ0n) is 12.3. The maximum atomic E-state index is 2.45. The van der Waals surface area contributed by atoms with E-state index in [1.54, 1.807) is 0 Å². The molecule has 1 saturated carbocycles. The lowest BCUT2D eigenvalue weighted by atomic mass is 9.67. The van der Waals surface area contributed by atoms with Crippen molar-refractivity contribution in [3.05, 3.63) is 0 Å². The topological polar surface area (TPSA) is 0 Å². The van der Waals surface area contributed by atoms with Crippen LogP contribution < -0.4 is 0 Å². The molecule has 15 heavy (non-hydrogen) atoms. The van der Waals surface area contributed by atoms with Gasteiger partial charge in [-0.2, -0.15) is 0 Å². The molecule has 0 aliphatic heterocycles. The second-order valence-electron chi connectivity index (χ2n) is 6.58. The van der Waals surface area contributed by atoms with E-state index < -0.39 is 0 Å². The van der Waals surface area contributed by atoms with Gasteiger partial charge in [0.25, 0.3) is 0 Å².